The van der Waals surface area contributed by atoms with E-state index in [0.717, 1.165) is 4.90 Å². The molecule has 0 saturated heterocycles. The van der Waals surface area contributed by atoms with Crippen LogP contribution in [0.4, 0.5) is 11.4 Å². The van der Waals surface area contributed by atoms with Gasteiger partial charge >= 0.3 is 103 Å². The van der Waals surface area contributed by atoms with E-state index >= 15 is 0 Å². The molecule has 3 N–H and O–H groups in total. The number of azide groups is 1. The molecule has 0 unspecified atom stereocenters. The number of carbonyl (C=O) groups excluding carboxylic acids is 3. The number of nitrogens with zero attached hydrogens (tertiary/aromatic N) is 4. The molecule has 0 aliphatic carbocycles. The Labute approximate surface area is 290 Å². The zero-order chi connectivity index (χ0) is 23.0. The summed E-state index contributed by atoms with van der Waals surface area (Å²) in [6.45, 7) is 0.0282. The van der Waals surface area contributed by atoms with Crippen LogP contribution >= 0.6 is 25.3 Å². The third kappa shape index (κ3) is 5.94. The molecule has 1 aliphatic heterocycles. The van der Waals surface area contributed by atoms with Crippen LogP contribution in [0.15, 0.2) is 57.4 Å². The van der Waals surface area contributed by atoms with Gasteiger partial charge in [0.25, 0.3) is 17.7 Å². The van der Waals surface area contributed by atoms with E-state index in [0.29, 0.717) is 48.6 Å². The first-order valence-corrected chi connectivity index (χ1v) is 10.3. The van der Waals surface area contributed by atoms with Crippen molar-refractivity contribution in [3.63, 3.8) is 0 Å². The van der Waals surface area contributed by atoms with Gasteiger partial charge in [0.1, 0.15) is 0 Å². The van der Waals surface area contributed by atoms with E-state index in [9.17, 15) is 14.4 Å². The van der Waals surface area contributed by atoms with Gasteiger partial charge in [-0.2, -0.15) is 0 Å². The largest absolute Gasteiger partial charge is 0.397 e. The summed E-state index contributed by atoms with van der Waals surface area (Å²) in [5, 5.41) is 7.16. The Hall–Kier alpha value is -0.387. The molecular weight excluding hydrogens is 527 g/mol. The molecule has 1 heterocycles. The second-order valence-electron chi connectivity index (χ2n) is 7.03. The van der Waals surface area contributed by atoms with E-state index in [1.54, 1.807) is 18.2 Å². The maximum atomic E-state index is 13.1. The number of rotatable bonds is 5. The Balaban J connectivity index is 0.00000204. The molecule has 9 nitrogen and oxygen atoms in total. The molecule has 4 rings (SSSR count). The monoisotopic (exact) mass is 544 g/mol. The Morgan fingerprint density at radius 1 is 1.06 bits per heavy atom. The minimum atomic E-state index is -0.484. The first-order valence-electron chi connectivity index (χ1n) is 9.39. The van der Waals surface area contributed by atoms with E-state index in [2.05, 4.69) is 40.6 Å². The molecule has 0 saturated carbocycles. The SMILES string of the molecule is [KH].[KH].[N-]=[N+]=Nc1ccc(C(=O)NCCN2C(=O)c3cc(S)cc4c(N)c(S)cc(c34)C2=O)cc1. The summed E-state index contributed by atoms with van der Waals surface area (Å²) >= 11 is 8.71. The summed E-state index contributed by atoms with van der Waals surface area (Å²) in [6, 6.07) is 10.9. The van der Waals surface area contributed by atoms with Crippen molar-refractivity contribution < 1.29 is 14.4 Å². The van der Waals surface area contributed by atoms with Gasteiger partial charge in [0.05, 0.1) is 5.69 Å². The fourth-order valence-electron chi connectivity index (χ4n) is 3.59. The van der Waals surface area contributed by atoms with Crippen LogP contribution in [0.5, 0.6) is 0 Å². The molecule has 0 atom stereocenters. The van der Waals surface area contributed by atoms with Gasteiger partial charge in [0.2, 0.25) is 0 Å². The van der Waals surface area contributed by atoms with E-state index < -0.39 is 11.8 Å². The number of hydrogen-bond acceptors (Lipinski definition) is 7. The second kappa shape index (κ2) is 12.7. The number of amides is 3. The van der Waals surface area contributed by atoms with Gasteiger partial charge in [-0.15, -0.1) is 25.3 Å². The van der Waals surface area contributed by atoms with Crippen molar-refractivity contribution in [3.8, 4) is 0 Å². The van der Waals surface area contributed by atoms with Gasteiger partial charge in [-0.25, -0.2) is 0 Å². The van der Waals surface area contributed by atoms with Crippen LogP contribution in [0.25, 0.3) is 21.2 Å². The smallest absolute Gasteiger partial charge is 0.261 e. The number of nitrogen functional groups attached to an aromatic ring is 1. The number of nitrogens with one attached hydrogen (secondary N) is 1. The molecule has 0 bridgehead atoms. The minimum Gasteiger partial charge on any atom is -0.397 e. The molecule has 13 heteroatoms. The minimum absolute atomic E-state index is 0. The standard InChI is InChI=1S/C21H16N6O3S2.2K.2H/c22-18-13-7-12(31)8-14-17(13)15(9-16(18)32)21(30)27(20(14)29)6-5-24-19(28)10-1-3-11(4-2-10)25-26-23;;;;/h1-4,7-9,31-32H,5-6,22H2,(H,24,28);;;;. The van der Waals surface area contributed by atoms with Crippen LogP contribution in [0.3, 0.4) is 0 Å². The number of imide groups is 1. The Bertz CT molecular complexity index is 1340. The maximum absolute atomic E-state index is 13.1. The maximum Gasteiger partial charge on any atom is 0.261 e. The number of carbonyl (C=O) groups is 3. The number of hydrogen-bond donors (Lipinski definition) is 4. The first-order chi connectivity index (χ1) is 15.3. The molecular formula is C21H18K2N6O3S2. The van der Waals surface area contributed by atoms with Crippen LogP contribution in [0.1, 0.15) is 31.1 Å². The predicted octanol–water partition coefficient (Wildman–Crippen LogP) is 2.67. The summed E-state index contributed by atoms with van der Waals surface area (Å²) in [5.74, 6) is -1.36. The number of thiol groups is 2. The molecule has 3 amide bonds. The normalized spacial score (nSPS) is 11.9. The molecule has 1 aliphatic rings. The van der Waals surface area contributed by atoms with Crippen molar-refractivity contribution in [1.29, 1.82) is 0 Å². The van der Waals surface area contributed by atoms with Gasteiger partial charge in [0, 0.05) is 60.9 Å². The summed E-state index contributed by atoms with van der Waals surface area (Å²) in [5.41, 5.74) is 16.3. The predicted molar refractivity (Wildman–Crippen MR) is 140 cm³/mol. The molecule has 3 aromatic carbocycles. The summed E-state index contributed by atoms with van der Waals surface area (Å²) in [7, 11) is 0. The van der Waals surface area contributed by atoms with Gasteiger partial charge in [-0.1, -0.05) is 17.2 Å². The molecule has 0 fully saturated rings. The quantitative estimate of drug-likeness (QED) is 0.0745. The van der Waals surface area contributed by atoms with Crippen molar-refractivity contribution in [1.82, 2.24) is 10.2 Å². The van der Waals surface area contributed by atoms with Crippen molar-refractivity contribution in [3.05, 3.63) is 69.6 Å². The Morgan fingerprint density at radius 2 is 1.68 bits per heavy atom. The van der Waals surface area contributed by atoms with E-state index in [1.165, 1.54) is 24.3 Å². The molecule has 164 valence electrons. The number of benzene rings is 3. The summed E-state index contributed by atoms with van der Waals surface area (Å²) < 4.78 is 0. The molecule has 0 spiro atoms. The van der Waals surface area contributed by atoms with Gasteiger partial charge < -0.3 is 11.1 Å². The van der Waals surface area contributed by atoms with Crippen molar-refractivity contribution in [2.24, 2.45) is 5.11 Å². The van der Waals surface area contributed by atoms with E-state index in [1.807, 2.05) is 0 Å². The first kappa shape index (κ1) is 29.8. The fourth-order valence-corrected chi connectivity index (χ4v) is 4.10. The zero-order valence-corrected chi connectivity index (χ0v) is 18.2. The molecule has 34 heavy (non-hydrogen) atoms. The van der Waals surface area contributed by atoms with Crippen LogP contribution in [0.2, 0.25) is 0 Å². The number of anilines is 1. The summed E-state index contributed by atoms with van der Waals surface area (Å²) in [6.07, 6.45) is 0. The van der Waals surface area contributed by atoms with Crippen LogP contribution in [-0.4, -0.2) is 138 Å². The van der Waals surface area contributed by atoms with Crippen LogP contribution in [-0.2, 0) is 0 Å². The Kier molecular flexibility index (Phi) is 11.2. The fraction of sp³-hybridized carbons (Fsp3) is 0.0952. The van der Waals surface area contributed by atoms with Crippen molar-refractivity contribution in [2.45, 2.75) is 9.79 Å². The van der Waals surface area contributed by atoms with Gasteiger partial charge in [-0.05, 0) is 35.9 Å². The van der Waals surface area contributed by atoms with E-state index in [-0.39, 0.29) is 122 Å². The van der Waals surface area contributed by atoms with Crippen molar-refractivity contribution in [2.75, 3.05) is 18.8 Å². The number of nitrogens with two attached hydrogens (primary N) is 1. The average Bonchev–Trinajstić information content (AvgIpc) is 2.77. The summed E-state index contributed by atoms with van der Waals surface area (Å²) in [4.78, 5) is 43.2. The average molecular weight is 545 g/mol. The van der Waals surface area contributed by atoms with Gasteiger partial charge in [0.15, 0.2) is 0 Å². The third-order valence-electron chi connectivity index (χ3n) is 5.10. The second-order valence-corrected chi connectivity index (χ2v) is 8.03. The van der Waals surface area contributed by atoms with Crippen LogP contribution < -0.4 is 11.1 Å². The molecule has 0 radical (unpaired) electrons. The van der Waals surface area contributed by atoms with Gasteiger partial charge in [-0.3, -0.25) is 19.3 Å². The topological polar surface area (TPSA) is 141 Å². The third-order valence-corrected chi connectivity index (χ3v) is 5.73. The van der Waals surface area contributed by atoms with E-state index in [4.69, 9.17) is 11.3 Å². The molecule has 3 aromatic rings. The van der Waals surface area contributed by atoms with Crippen molar-refractivity contribution >= 4 is 168 Å². The molecule has 0 aromatic heterocycles. The zero-order valence-electron chi connectivity index (χ0n) is 16.4. The van der Waals surface area contributed by atoms with Crippen LogP contribution in [0, 0.1) is 0 Å². The Morgan fingerprint density at radius 3 is 2.29 bits per heavy atom.